The van der Waals surface area contributed by atoms with Crippen molar-refractivity contribution in [2.24, 2.45) is 0 Å². The summed E-state index contributed by atoms with van der Waals surface area (Å²) in [5, 5.41) is 0. The maximum Gasteiger partial charge on any atom is 0.243 e. The highest BCUT2D eigenvalue weighted by molar-refractivity contribution is 5.74. The Bertz CT molecular complexity index is 160. The van der Waals surface area contributed by atoms with Gasteiger partial charge in [0.2, 0.25) is 5.91 Å². The van der Waals surface area contributed by atoms with Crippen LogP contribution >= 0.6 is 0 Å². The van der Waals surface area contributed by atoms with Gasteiger partial charge in [-0.15, -0.1) is 0 Å². The van der Waals surface area contributed by atoms with Crippen LogP contribution in [-0.2, 0) is 9.63 Å². The van der Waals surface area contributed by atoms with Gasteiger partial charge in [-0.25, -0.2) is 5.48 Å². The highest BCUT2D eigenvalue weighted by Crippen LogP contribution is 2.10. The number of rotatable bonds is 11. The molecule has 0 bridgehead atoms. The van der Waals surface area contributed by atoms with E-state index in [2.05, 4.69) is 17.2 Å². The van der Waals surface area contributed by atoms with E-state index in [1.54, 1.807) is 0 Å². The van der Waals surface area contributed by atoms with E-state index in [0.29, 0.717) is 6.42 Å². The normalized spacial score (nSPS) is 10.4. The molecule has 0 radical (unpaired) electrons. The SMILES string of the molecule is CCCCCCCCCCCC(=O)NOC. The van der Waals surface area contributed by atoms with Crippen LogP contribution in [0.15, 0.2) is 0 Å². The number of hydrogen-bond acceptors (Lipinski definition) is 2. The minimum absolute atomic E-state index is 0.00885. The number of nitrogens with one attached hydrogen (secondary N) is 1. The summed E-state index contributed by atoms with van der Waals surface area (Å²) in [7, 11) is 1.47. The molecule has 0 heterocycles. The van der Waals surface area contributed by atoms with Gasteiger partial charge in [0, 0.05) is 6.42 Å². The molecule has 96 valence electrons. The number of amides is 1. The summed E-state index contributed by atoms with van der Waals surface area (Å²) in [5.41, 5.74) is 2.33. The van der Waals surface area contributed by atoms with Crippen molar-refractivity contribution in [1.29, 1.82) is 0 Å². The second-order valence-electron chi connectivity index (χ2n) is 4.31. The van der Waals surface area contributed by atoms with Gasteiger partial charge in [0.25, 0.3) is 0 Å². The molecule has 0 fully saturated rings. The maximum absolute atomic E-state index is 11.0. The summed E-state index contributed by atoms with van der Waals surface area (Å²) >= 11 is 0. The topological polar surface area (TPSA) is 38.3 Å². The van der Waals surface area contributed by atoms with Crippen molar-refractivity contribution in [3.63, 3.8) is 0 Å². The Labute approximate surface area is 99.9 Å². The van der Waals surface area contributed by atoms with Gasteiger partial charge in [-0.3, -0.25) is 9.63 Å². The predicted octanol–water partition coefficient (Wildman–Crippen LogP) is 3.58. The highest BCUT2D eigenvalue weighted by Gasteiger charge is 1.99. The third-order valence-corrected chi connectivity index (χ3v) is 2.72. The van der Waals surface area contributed by atoms with Crippen LogP contribution in [0.1, 0.15) is 71.1 Å². The summed E-state index contributed by atoms with van der Waals surface area (Å²) in [4.78, 5) is 15.6. The van der Waals surface area contributed by atoms with E-state index >= 15 is 0 Å². The fourth-order valence-corrected chi connectivity index (χ4v) is 1.76. The maximum atomic E-state index is 11.0. The Morgan fingerprint density at radius 3 is 1.94 bits per heavy atom. The van der Waals surface area contributed by atoms with Crippen molar-refractivity contribution >= 4 is 5.91 Å². The molecule has 0 aliphatic carbocycles. The zero-order valence-corrected chi connectivity index (χ0v) is 10.9. The molecule has 0 aromatic carbocycles. The first-order valence-corrected chi connectivity index (χ1v) is 6.63. The molecule has 0 aliphatic rings. The smallest absolute Gasteiger partial charge is 0.243 e. The Hall–Kier alpha value is -0.570. The molecular weight excluding hydrogens is 202 g/mol. The van der Waals surface area contributed by atoms with Crippen molar-refractivity contribution in [2.75, 3.05) is 7.11 Å². The van der Waals surface area contributed by atoms with Crippen LogP contribution < -0.4 is 5.48 Å². The fourth-order valence-electron chi connectivity index (χ4n) is 1.76. The molecule has 3 heteroatoms. The van der Waals surface area contributed by atoms with E-state index in [4.69, 9.17) is 0 Å². The van der Waals surface area contributed by atoms with Crippen LogP contribution in [0, 0.1) is 0 Å². The minimum Gasteiger partial charge on any atom is -0.277 e. The van der Waals surface area contributed by atoms with Crippen LogP contribution in [0.2, 0.25) is 0 Å². The molecule has 0 atom stereocenters. The molecule has 16 heavy (non-hydrogen) atoms. The van der Waals surface area contributed by atoms with Gasteiger partial charge in [0.15, 0.2) is 0 Å². The lowest BCUT2D eigenvalue weighted by molar-refractivity contribution is -0.131. The van der Waals surface area contributed by atoms with Crippen molar-refractivity contribution in [3.8, 4) is 0 Å². The molecular formula is C13H27NO2. The lowest BCUT2D eigenvalue weighted by atomic mass is 10.1. The summed E-state index contributed by atoms with van der Waals surface area (Å²) in [6, 6.07) is 0. The molecule has 3 nitrogen and oxygen atoms in total. The second-order valence-corrected chi connectivity index (χ2v) is 4.31. The molecule has 0 aromatic heterocycles. The first kappa shape index (κ1) is 15.4. The van der Waals surface area contributed by atoms with Gasteiger partial charge in [-0.05, 0) is 6.42 Å². The lowest BCUT2D eigenvalue weighted by Gasteiger charge is -2.02. The molecule has 0 aliphatic heterocycles. The summed E-state index contributed by atoms with van der Waals surface area (Å²) in [5.74, 6) is -0.00885. The number of carbonyl (C=O) groups excluding carboxylic acids is 1. The zero-order valence-electron chi connectivity index (χ0n) is 10.9. The quantitative estimate of drug-likeness (QED) is 0.434. The number of carbonyl (C=O) groups is 1. The summed E-state index contributed by atoms with van der Waals surface area (Å²) in [6.07, 6.45) is 12.1. The van der Waals surface area contributed by atoms with E-state index in [1.807, 2.05) is 0 Å². The third-order valence-electron chi connectivity index (χ3n) is 2.72. The molecule has 0 rings (SSSR count). The average molecular weight is 229 g/mol. The monoisotopic (exact) mass is 229 g/mol. The van der Waals surface area contributed by atoms with Crippen LogP contribution in [0.3, 0.4) is 0 Å². The lowest BCUT2D eigenvalue weighted by Crippen LogP contribution is -2.21. The van der Waals surface area contributed by atoms with Gasteiger partial charge < -0.3 is 0 Å². The first-order valence-electron chi connectivity index (χ1n) is 6.63. The standard InChI is InChI=1S/C13H27NO2/c1-3-4-5-6-7-8-9-10-11-12-13(15)14-16-2/h3-12H2,1-2H3,(H,14,15). The van der Waals surface area contributed by atoms with Gasteiger partial charge in [-0.1, -0.05) is 58.3 Å². The van der Waals surface area contributed by atoms with E-state index < -0.39 is 0 Å². The molecule has 1 N–H and O–H groups in total. The van der Waals surface area contributed by atoms with E-state index in [0.717, 1.165) is 12.8 Å². The van der Waals surface area contributed by atoms with Crippen molar-refractivity contribution < 1.29 is 9.63 Å². The number of unbranched alkanes of at least 4 members (excludes halogenated alkanes) is 8. The predicted molar refractivity (Wildman–Crippen MR) is 67.0 cm³/mol. The summed E-state index contributed by atoms with van der Waals surface area (Å²) < 4.78 is 0. The molecule has 0 spiro atoms. The molecule has 0 saturated carbocycles. The highest BCUT2D eigenvalue weighted by atomic mass is 16.6. The van der Waals surface area contributed by atoms with Crippen LogP contribution in [0.25, 0.3) is 0 Å². The van der Waals surface area contributed by atoms with Crippen LogP contribution in [0.5, 0.6) is 0 Å². The first-order chi connectivity index (χ1) is 7.81. The van der Waals surface area contributed by atoms with Gasteiger partial charge in [0.1, 0.15) is 0 Å². The molecule has 1 amide bonds. The van der Waals surface area contributed by atoms with Gasteiger partial charge >= 0.3 is 0 Å². The van der Waals surface area contributed by atoms with Gasteiger partial charge in [-0.2, -0.15) is 0 Å². The summed E-state index contributed by atoms with van der Waals surface area (Å²) in [6.45, 7) is 2.24. The third kappa shape index (κ3) is 11.5. The molecule has 0 unspecified atom stereocenters. The minimum atomic E-state index is -0.00885. The van der Waals surface area contributed by atoms with E-state index in [-0.39, 0.29) is 5.91 Å². The molecule has 0 aromatic rings. The largest absolute Gasteiger partial charge is 0.277 e. The number of hydrogen-bond donors (Lipinski definition) is 1. The number of hydroxylamine groups is 1. The van der Waals surface area contributed by atoms with Crippen molar-refractivity contribution in [2.45, 2.75) is 71.1 Å². The second kappa shape index (κ2) is 12.5. The van der Waals surface area contributed by atoms with Crippen molar-refractivity contribution in [1.82, 2.24) is 5.48 Å². The van der Waals surface area contributed by atoms with Gasteiger partial charge in [0.05, 0.1) is 7.11 Å². The Morgan fingerprint density at radius 2 is 1.44 bits per heavy atom. The Kier molecular flexibility index (Phi) is 12.1. The van der Waals surface area contributed by atoms with Crippen LogP contribution in [0.4, 0.5) is 0 Å². The van der Waals surface area contributed by atoms with Crippen LogP contribution in [-0.4, -0.2) is 13.0 Å². The zero-order chi connectivity index (χ0) is 12.1. The average Bonchev–Trinajstić information content (AvgIpc) is 2.27. The Balaban J connectivity index is 3.01. The fraction of sp³-hybridized carbons (Fsp3) is 0.923. The van der Waals surface area contributed by atoms with E-state index in [1.165, 1.54) is 52.1 Å². The van der Waals surface area contributed by atoms with Crippen molar-refractivity contribution in [3.05, 3.63) is 0 Å². The Morgan fingerprint density at radius 1 is 0.938 bits per heavy atom. The molecule has 0 saturated heterocycles. The van der Waals surface area contributed by atoms with E-state index in [9.17, 15) is 4.79 Å².